The van der Waals surface area contributed by atoms with Crippen molar-refractivity contribution in [2.45, 2.75) is 24.2 Å². The van der Waals surface area contributed by atoms with Crippen molar-refractivity contribution in [1.29, 1.82) is 0 Å². The van der Waals surface area contributed by atoms with E-state index < -0.39 is 33.4 Å². The Bertz CT molecular complexity index is 874. The third kappa shape index (κ3) is 4.26. The summed E-state index contributed by atoms with van der Waals surface area (Å²) in [6.45, 7) is 2.84. The van der Waals surface area contributed by atoms with Gasteiger partial charge in [0.05, 0.1) is 11.3 Å². The number of rotatable bonds is 4. The lowest BCUT2D eigenvalue weighted by Crippen LogP contribution is -2.17. The number of thiophene rings is 1. The molecule has 1 amide bonds. The van der Waals surface area contributed by atoms with Gasteiger partial charge in [0.2, 0.25) is 5.91 Å². The average molecular weight is 378 g/mol. The van der Waals surface area contributed by atoms with E-state index in [2.05, 4.69) is 5.32 Å². The fourth-order valence-electron chi connectivity index (χ4n) is 1.90. The van der Waals surface area contributed by atoms with Gasteiger partial charge in [0.15, 0.2) is 0 Å². The van der Waals surface area contributed by atoms with Crippen LogP contribution in [0.25, 0.3) is 0 Å². The quantitative estimate of drug-likeness (QED) is 0.849. The number of anilines is 2. The fraction of sp³-hybridized carbons (Fsp3) is 0.214. The maximum Gasteiger partial charge on any atom is 0.418 e. The summed E-state index contributed by atoms with van der Waals surface area (Å²) in [5, 5.41) is 2.23. The molecule has 2 aromatic rings. The van der Waals surface area contributed by atoms with Crippen LogP contribution in [-0.2, 0) is 21.0 Å². The molecule has 0 atom stereocenters. The van der Waals surface area contributed by atoms with Gasteiger partial charge < -0.3 is 5.32 Å². The second-order valence-electron chi connectivity index (χ2n) is 4.91. The minimum absolute atomic E-state index is 0.0789. The van der Waals surface area contributed by atoms with Crippen molar-refractivity contribution in [3.8, 4) is 0 Å². The van der Waals surface area contributed by atoms with Crippen LogP contribution in [0, 0.1) is 6.92 Å². The molecule has 10 heteroatoms. The zero-order valence-corrected chi connectivity index (χ0v) is 14.2. The number of carbonyl (C=O) groups excluding carboxylic acids is 1. The van der Waals surface area contributed by atoms with Crippen LogP contribution in [0.5, 0.6) is 0 Å². The molecular weight excluding hydrogens is 365 g/mol. The molecule has 0 saturated heterocycles. The first-order valence-corrected chi connectivity index (χ1v) is 8.87. The van der Waals surface area contributed by atoms with Crippen molar-refractivity contribution in [2.75, 3.05) is 10.0 Å². The first kappa shape index (κ1) is 18.3. The third-order valence-corrected chi connectivity index (χ3v) is 5.73. The second kappa shape index (κ2) is 6.44. The Morgan fingerprint density at radius 3 is 2.33 bits per heavy atom. The van der Waals surface area contributed by atoms with Crippen LogP contribution in [-0.4, -0.2) is 14.3 Å². The van der Waals surface area contributed by atoms with Crippen molar-refractivity contribution in [3.63, 3.8) is 0 Å². The zero-order chi connectivity index (χ0) is 18.1. The van der Waals surface area contributed by atoms with Crippen LogP contribution in [0.3, 0.4) is 0 Å². The molecule has 5 nitrogen and oxygen atoms in total. The maximum absolute atomic E-state index is 13.2. The largest absolute Gasteiger partial charge is 0.418 e. The van der Waals surface area contributed by atoms with Gasteiger partial charge in [0.1, 0.15) is 4.21 Å². The molecule has 24 heavy (non-hydrogen) atoms. The Hall–Kier alpha value is -2.07. The number of alkyl halides is 3. The predicted molar refractivity (Wildman–Crippen MR) is 85.6 cm³/mol. The van der Waals surface area contributed by atoms with Gasteiger partial charge >= 0.3 is 6.18 Å². The highest BCUT2D eigenvalue weighted by Crippen LogP contribution is 2.37. The van der Waals surface area contributed by atoms with E-state index >= 15 is 0 Å². The number of benzene rings is 1. The van der Waals surface area contributed by atoms with E-state index in [9.17, 15) is 26.4 Å². The summed E-state index contributed by atoms with van der Waals surface area (Å²) in [6.07, 6.45) is -4.79. The van der Waals surface area contributed by atoms with Crippen molar-refractivity contribution in [3.05, 3.63) is 40.8 Å². The smallest absolute Gasteiger partial charge is 0.326 e. The third-order valence-electron chi connectivity index (χ3n) is 2.87. The summed E-state index contributed by atoms with van der Waals surface area (Å²) in [5.41, 5.74) is -1.88. The monoisotopic (exact) mass is 378 g/mol. The zero-order valence-electron chi connectivity index (χ0n) is 12.6. The van der Waals surface area contributed by atoms with E-state index in [1.54, 1.807) is 13.0 Å². The Morgan fingerprint density at radius 2 is 1.83 bits per heavy atom. The lowest BCUT2D eigenvalue weighted by Gasteiger charge is -2.16. The summed E-state index contributed by atoms with van der Waals surface area (Å²) >= 11 is 0.950. The Morgan fingerprint density at radius 1 is 1.17 bits per heavy atom. The highest BCUT2D eigenvalue weighted by atomic mass is 32.2. The summed E-state index contributed by atoms with van der Waals surface area (Å²) in [7, 11) is -4.13. The number of carbonyl (C=O) groups is 1. The van der Waals surface area contributed by atoms with E-state index in [1.807, 2.05) is 4.72 Å². The molecule has 0 aliphatic heterocycles. The molecule has 130 valence electrons. The molecule has 0 spiro atoms. The van der Waals surface area contributed by atoms with Gasteiger partial charge in [0.25, 0.3) is 10.0 Å². The molecule has 1 aromatic heterocycles. The molecular formula is C14H13F3N2O3S2. The number of hydrogen-bond acceptors (Lipinski definition) is 4. The van der Waals surface area contributed by atoms with Crippen molar-refractivity contribution < 1.29 is 26.4 Å². The molecule has 1 heterocycles. The van der Waals surface area contributed by atoms with E-state index in [0.29, 0.717) is 10.9 Å². The molecule has 0 saturated carbocycles. The molecule has 0 bridgehead atoms. The molecule has 0 aliphatic carbocycles. The molecule has 2 rings (SSSR count). The summed E-state index contributed by atoms with van der Waals surface area (Å²) in [6, 6.07) is 5.71. The summed E-state index contributed by atoms with van der Waals surface area (Å²) in [5.74, 6) is -0.537. The summed E-state index contributed by atoms with van der Waals surface area (Å²) < 4.78 is 65.9. The van der Waals surface area contributed by atoms with E-state index in [4.69, 9.17) is 0 Å². The van der Waals surface area contributed by atoms with Crippen molar-refractivity contribution in [2.24, 2.45) is 0 Å². The van der Waals surface area contributed by atoms with Crippen LogP contribution in [0.4, 0.5) is 24.5 Å². The van der Waals surface area contributed by atoms with Crippen LogP contribution in [0.15, 0.2) is 34.5 Å². The summed E-state index contributed by atoms with van der Waals surface area (Å²) in [4.78, 5) is 11.7. The van der Waals surface area contributed by atoms with Gasteiger partial charge in [-0.25, -0.2) is 8.42 Å². The molecule has 2 N–H and O–H groups in total. The van der Waals surface area contributed by atoms with Gasteiger partial charge in [-0.2, -0.15) is 13.2 Å². The predicted octanol–water partition coefficient (Wildman–Crippen LogP) is 3.83. The van der Waals surface area contributed by atoms with Crippen molar-refractivity contribution >= 4 is 38.6 Å². The Labute approximate surface area is 140 Å². The Kier molecular flexibility index (Phi) is 4.90. The van der Waals surface area contributed by atoms with Crippen LogP contribution in [0.2, 0.25) is 0 Å². The van der Waals surface area contributed by atoms with E-state index in [-0.39, 0.29) is 9.90 Å². The maximum atomic E-state index is 13.2. The number of amides is 1. The van der Waals surface area contributed by atoms with Gasteiger partial charge in [-0.3, -0.25) is 9.52 Å². The number of nitrogens with one attached hydrogen (secondary N) is 2. The molecule has 0 fully saturated rings. The van der Waals surface area contributed by atoms with Gasteiger partial charge in [-0.05, 0) is 37.3 Å². The van der Waals surface area contributed by atoms with Crippen LogP contribution >= 0.6 is 11.3 Å². The molecule has 0 aliphatic rings. The minimum atomic E-state index is -4.79. The van der Waals surface area contributed by atoms with Crippen molar-refractivity contribution in [1.82, 2.24) is 0 Å². The average Bonchev–Trinajstić information content (AvgIpc) is 2.86. The first-order chi connectivity index (χ1) is 11.0. The van der Waals surface area contributed by atoms with E-state index in [1.165, 1.54) is 12.1 Å². The van der Waals surface area contributed by atoms with Gasteiger partial charge in [-0.15, -0.1) is 11.3 Å². The second-order valence-corrected chi connectivity index (χ2v) is 8.11. The lowest BCUT2D eigenvalue weighted by molar-refractivity contribution is -0.136. The first-order valence-electron chi connectivity index (χ1n) is 6.57. The minimum Gasteiger partial charge on any atom is -0.326 e. The Balaban J connectivity index is 2.44. The molecule has 0 radical (unpaired) electrons. The van der Waals surface area contributed by atoms with E-state index in [0.717, 1.165) is 24.3 Å². The molecule has 1 aromatic carbocycles. The highest BCUT2D eigenvalue weighted by Gasteiger charge is 2.35. The topological polar surface area (TPSA) is 75.3 Å². The fourth-order valence-corrected chi connectivity index (χ4v) is 4.26. The molecule has 0 unspecified atom stereocenters. The number of halogens is 3. The normalized spacial score (nSPS) is 12.0. The highest BCUT2D eigenvalue weighted by molar-refractivity contribution is 7.94. The lowest BCUT2D eigenvalue weighted by atomic mass is 10.1. The van der Waals surface area contributed by atoms with Gasteiger partial charge in [0, 0.05) is 17.5 Å². The standard InChI is InChI=1S/C14H13F3N2O3S2/c1-8-3-6-13(23-8)24(21,22)19-12-5-4-10(18-9(2)20)7-11(12)14(15,16)17/h3-7,19H,1-2H3,(H,18,20). The number of sulfonamides is 1. The van der Waals surface area contributed by atoms with Crippen LogP contribution in [0.1, 0.15) is 17.4 Å². The van der Waals surface area contributed by atoms with Gasteiger partial charge in [-0.1, -0.05) is 0 Å². The number of hydrogen-bond donors (Lipinski definition) is 2. The number of aryl methyl sites for hydroxylation is 1. The SMILES string of the molecule is CC(=O)Nc1ccc(NS(=O)(=O)c2ccc(C)s2)c(C(F)(F)F)c1. The van der Waals surface area contributed by atoms with Crippen LogP contribution < -0.4 is 10.0 Å².